The summed E-state index contributed by atoms with van der Waals surface area (Å²) in [4.78, 5) is 26.6. The lowest BCUT2D eigenvalue weighted by Crippen LogP contribution is -2.13. The van der Waals surface area contributed by atoms with Crippen molar-refractivity contribution < 1.29 is 8.83 Å². The third-order valence-corrected chi connectivity index (χ3v) is 12.6. The molecule has 0 saturated carbocycles. The van der Waals surface area contributed by atoms with Crippen LogP contribution in [-0.2, 0) is 0 Å². The van der Waals surface area contributed by atoms with E-state index < -0.39 is 0 Å². The molecule has 5 heterocycles. The van der Waals surface area contributed by atoms with Gasteiger partial charge in [-0.15, -0.1) is 0 Å². The van der Waals surface area contributed by atoms with Gasteiger partial charge < -0.3 is 8.83 Å². The number of hydrogen-bond donors (Lipinski definition) is 0. The molecule has 0 spiro atoms. The van der Waals surface area contributed by atoms with Gasteiger partial charge in [0.15, 0.2) is 0 Å². The first-order valence-electron chi connectivity index (χ1n) is 20.0. The van der Waals surface area contributed by atoms with Gasteiger partial charge >= 0.3 is 0 Å². The average Bonchev–Trinajstić information content (AvgIpc) is 3.99. The molecule has 0 saturated heterocycles. The molecule has 0 N–H and O–H groups in total. The molecule has 13 aromatic rings. The Labute approximate surface area is 351 Å². The molecule has 0 atom stereocenters. The van der Waals surface area contributed by atoms with Gasteiger partial charge in [-0.1, -0.05) is 121 Å². The van der Waals surface area contributed by atoms with E-state index in [0.717, 1.165) is 109 Å². The number of hydrogen-bond acceptors (Lipinski definition) is 9. The van der Waals surface area contributed by atoms with Crippen molar-refractivity contribution in [3.8, 4) is 0 Å². The number of rotatable bonds is 6. The van der Waals surface area contributed by atoms with Gasteiger partial charge in [0.05, 0.1) is 22.7 Å². The van der Waals surface area contributed by atoms with Crippen molar-refractivity contribution in [3.63, 3.8) is 0 Å². The molecule has 0 aliphatic rings. The summed E-state index contributed by atoms with van der Waals surface area (Å²) in [6.07, 6.45) is 3.80. The van der Waals surface area contributed by atoms with E-state index in [4.69, 9.17) is 28.8 Å². The molecule has 0 radical (unpaired) electrons. The van der Waals surface area contributed by atoms with E-state index in [1.54, 1.807) is 0 Å². The maximum Gasteiger partial charge on any atom is 0.235 e. The Balaban J connectivity index is 0.981. The summed E-state index contributed by atoms with van der Waals surface area (Å²) in [5.74, 6) is 1.08. The standard InChI is InChI=1S/C52H30N6O2S/c1-3-15-35-31(11-1)13-9-19-43(35)57(33-23-25-39-37-17-5-7-21-45(37)59-47(39)27-33)51-53-29-41-42-30-54-52(56-50(42)61-49(41)55-51)58(44-20-10-14-32-12-2-4-16-36(32)44)34-24-26-40-38-18-6-8-22-46(38)60-48(40)28-34/h1-30H. The van der Waals surface area contributed by atoms with E-state index >= 15 is 0 Å². The van der Waals surface area contributed by atoms with Crippen LogP contribution in [0.2, 0.25) is 0 Å². The molecule has 13 rings (SSSR count). The van der Waals surface area contributed by atoms with Crippen LogP contribution in [0, 0.1) is 0 Å². The first-order valence-corrected chi connectivity index (χ1v) is 20.8. The summed E-state index contributed by atoms with van der Waals surface area (Å²) in [5, 5.41) is 10.5. The van der Waals surface area contributed by atoms with Crippen molar-refractivity contribution in [2.45, 2.75) is 0 Å². The van der Waals surface area contributed by atoms with Crippen molar-refractivity contribution in [1.29, 1.82) is 0 Å². The summed E-state index contributed by atoms with van der Waals surface area (Å²) in [5.41, 5.74) is 6.99. The van der Waals surface area contributed by atoms with Crippen LogP contribution < -0.4 is 9.80 Å². The fraction of sp³-hybridized carbons (Fsp3) is 0. The molecule has 0 bridgehead atoms. The van der Waals surface area contributed by atoms with Gasteiger partial charge in [-0.3, -0.25) is 9.80 Å². The lowest BCUT2D eigenvalue weighted by Gasteiger charge is -2.24. The van der Waals surface area contributed by atoms with Crippen molar-refractivity contribution in [2.75, 3.05) is 9.80 Å². The molecule has 5 aromatic heterocycles. The molecule has 8 aromatic carbocycles. The minimum absolute atomic E-state index is 0.538. The van der Waals surface area contributed by atoms with Crippen molar-refractivity contribution in [1.82, 2.24) is 19.9 Å². The second-order valence-corrected chi connectivity index (χ2v) is 16.1. The van der Waals surface area contributed by atoms with Crippen LogP contribution >= 0.6 is 11.3 Å². The Hall–Kier alpha value is -8.14. The third-order valence-electron chi connectivity index (χ3n) is 11.6. The van der Waals surface area contributed by atoms with E-state index in [0.29, 0.717) is 11.9 Å². The maximum atomic E-state index is 6.38. The van der Waals surface area contributed by atoms with E-state index in [9.17, 15) is 0 Å². The molecule has 286 valence electrons. The number of para-hydroxylation sites is 2. The zero-order valence-electron chi connectivity index (χ0n) is 32.2. The normalized spacial score (nSPS) is 11.9. The van der Waals surface area contributed by atoms with Crippen molar-refractivity contribution in [2.24, 2.45) is 0 Å². The van der Waals surface area contributed by atoms with Crippen molar-refractivity contribution in [3.05, 3.63) is 182 Å². The largest absolute Gasteiger partial charge is 0.456 e. The minimum Gasteiger partial charge on any atom is -0.456 e. The van der Waals surface area contributed by atoms with Crippen LogP contribution in [0.1, 0.15) is 0 Å². The SMILES string of the molecule is c1ccc2c(N(c3ccc4c(c3)oc3ccccc34)c3ncc4c(n3)sc3nc(N(c5ccc6c(c5)oc5ccccc56)c5cccc6ccccc56)ncc34)cccc2c1. The van der Waals surface area contributed by atoms with Gasteiger partial charge in [0, 0.05) is 67.6 Å². The van der Waals surface area contributed by atoms with Gasteiger partial charge in [0.1, 0.15) is 32.0 Å². The number of nitrogens with zero attached hydrogens (tertiary/aromatic N) is 6. The zero-order chi connectivity index (χ0) is 40.0. The third kappa shape index (κ3) is 5.31. The Kier molecular flexibility index (Phi) is 7.31. The Morgan fingerprint density at radius 1 is 0.361 bits per heavy atom. The van der Waals surface area contributed by atoms with Crippen LogP contribution in [0.4, 0.5) is 34.6 Å². The lowest BCUT2D eigenvalue weighted by molar-refractivity contribution is 0.668. The molecule has 0 fully saturated rings. The maximum absolute atomic E-state index is 6.38. The highest BCUT2D eigenvalue weighted by Gasteiger charge is 2.24. The fourth-order valence-electron chi connectivity index (χ4n) is 8.79. The number of aromatic nitrogens is 4. The Bertz CT molecular complexity index is 3630. The number of furan rings is 2. The number of anilines is 6. The second-order valence-electron chi connectivity index (χ2n) is 15.1. The molecule has 0 aliphatic heterocycles. The number of fused-ring (bicyclic) bond motifs is 11. The first-order chi connectivity index (χ1) is 30.2. The molecule has 61 heavy (non-hydrogen) atoms. The van der Waals surface area contributed by atoms with Crippen LogP contribution in [0.25, 0.3) is 85.9 Å². The predicted octanol–water partition coefficient (Wildman–Crippen LogP) is 14.7. The molecule has 0 amide bonds. The highest BCUT2D eigenvalue weighted by atomic mass is 32.1. The highest BCUT2D eigenvalue weighted by Crippen LogP contribution is 2.44. The van der Waals surface area contributed by atoms with Crippen molar-refractivity contribution >= 4 is 132 Å². The van der Waals surface area contributed by atoms with E-state index in [1.165, 1.54) is 11.3 Å². The molecular weight excluding hydrogens is 773 g/mol. The summed E-state index contributed by atoms with van der Waals surface area (Å²) in [6.45, 7) is 0. The molecule has 8 nitrogen and oxygen atoms in total. The topological polar surface area (TPSA) is 84.3 Å². The van der Waals surface area contributed by atoms with E-state index in [1.807, 2.05) is 48.8 Å². The molecular formula is C52H30N6O2S. The number of benzene rings is 8. The Morgan fingerprint density at radius 3 is 1.26 bits per heavy atom. The lowest BCUT2D eigenvalue weighted by atomic mass is 10.1. The summed E-state index contributed by atoms with van der Waals surface area (Å²) in [7, 11) is 0. The van der Waals surface area contributed by atoms with Gasteiger partial charge in [-0.05, 0) is 59.3 Å². The summed E-state index contributed by atoms with van der Waals surface area (Å²) in [6, 6.07) is 58.3. The second kappa shape index (κ2) is 13.2. The fourth-order valence-corrected chi connectivity index (χ4v) is 9.77. The zero-order valence-corrected chi connectivity index (χ0v) is 33.0. The van der Waals surface area contributed by atoms with Crippen LogP contribution in [-0.4, -0.2) is 19.9 Å². The summed E-state index contributed by atoms with van der Waals surface area (Å²) >= 11 is 1.53. The minimum atomic E-state index is 0.538. The quantitative estimate of drug-likeness (QED) is 0.164. The van der Waals surface area contributed by atoms with E-state index in [2.05, 4.69) is 143 Å². The Morgan fingerprint density at radius 2 is 0.770 bits per heavy atom. The molecule has 9 heteroatoms. The van der Waals surface area contributed by atoms with E-state index in [-0.39, 0.29) is 0 Å². The van der Waals surface area contributed by atoms with Gasteiger partial charge in [-0.25, -0.2) is 19.9 Å². The molecule has 0 unspecified atom stereocenters. The summed E-state index contributed by atoms with van der Waals surface area (Å²) < 4.78 is 12.8. The number of thiophene rings is 1. The highest BCUT2D eigenvalue weighted by molar-refractivity contribution is 7.25. The average molecular weight is 803 g/mol. The smallest absolute Gasteiger partial charge is 0.235 e. The molecule has 0 aliphatic carbocycles. The van der Waals surface area contributed by atoms with Gasteiger partial charge in [0.25, 0.3) is 0 Å². The van der Waals surface area contributed by atoms with Gasteiger partial charge in [-0.2, -0.15) is 0 Å². The van der Waals surface area contributed by atoms with Crippen LogP contribution in [0.5, 0.6) is 0 Å². The predicted molar refractivity (Wildman–Crippen MR) is 249 cm³/mol. The monoisotopic (exact) mass is 802 g/mol. The van der Waals surface area contributed by atoms with Gasteiger partial charge in [0.2, 0.25) is 11.9 Å². The first kappa shape index (κ1) is 33.8. The van der Waals surface area contributed by atoms with Crippen LogP contribution in [0.15, 0.2) is 191 Å². The van der Waals surface area contributed by atoms with Crippen LogP contribution in [0.3, 0.4) is 0 Å².